The van der Waals surface area contributed by atoms with E-state index in [1.807, 2.05) is 0 Å². The quantitative estimate of drug-likeness (QED) is 0.360. The number of hydrogen-bond acceptors (Lipinski definition) is 3. The summed E-state index contributed by atoms with van der Waals surface area (Å²) in [5.74, 6) is -1.14. The average molecular weight is 337 g/mol. The van der Waals surface area contributed by atoms with E-state index in [1.54, 1.807) is 0 Å². The molecule has 23 heavy (non-hydrogen) atoms. The predicted octanol–water partition coefficient (Wildman–Crippen LogP) is 4.19. The van der Waals surface area contributed by atoms with Crippen LogP contribution < -0.4 is 0 Å². The van der Waals surface area contributed by atoms with Gasteiger partial charge in [-0.05, 0) is 36.8 Å². The van der Waals surface area contributed by atoms with E-state index in [4.69, 9.17) is 5.26 Å². The van der Waals surface area contributed by atoms with E-state index in [0.29, 0.717) is 18.2 Å². The van der Waals surface area contributed by atoms with Crippen LogP contribution in [-0.4, -0.2) is 12.6 Å². The van der Waals surface area contributed by atoms with Crippen LogP contribution in [0.25, 0.3) is 6.08 Å². The van der Waals surface area contributed by atoms with Gasteiger partial charge in [-0.25, -0.2) is 4.79 Å². The summed E-state index contributed by atoms with van der Waals surface area (Å²) in [6, 6.07) is 2.14. The zero-order chi connectivity index (χ0) is 17.8. The minimum atomic E-state index is -5.01. The highest BCUT2D eigenvalue weighted by Gasteiger charge is 2.36. The van der Waals surface area contributed by atoms with Crippen molar-refractivity contribution in [2.45, 2.75) is 19.3 Å². The van der Waals surface area contributed by atoms with Gasteiger partial charge in [-0.2, -0.15) is 31.6 Å². The number of nitriles is 1. The monoisotopic (exact) mass is 337 g/mol. The molecule has 0 heterocycles. The Hall–Kier alpha value is -2.50. The van der Waals surface area contributed by atoms with Crippen LogP contribution in [0.4, 0.5) is 26.3 Å². The molecule has 0 N–H and O–H groups in total. The maximum absolute atomic E-state index is 12.7. The average Bonchev–Trinajstić information content (AvgIpc) is 2.42. The third-order valence-corrected chi connectivity index (χ3v) is 2.54. The first kappa shape index (κ1) is 18.5. The van der Waals surface area contributed by atoms with Crippen molar-refractivity contribution in [2.24, 2.45) is 0 Å². The fourth-order valence-corrected chi connectivity index (χ4v) is 1.57. The molecule has 124 valence electrons. The molecule has 0 aromatic heterocycles. The summed E-state index contributed by atoms with van der Waals surface area (Å²) in [5, 5.41) is 8.78. The minimum absolute atomic E-state index is 0.0479. The number of esters is 1. The molecule has 1 aromatic carbocycles. The number of benzene rings is 1. The third kappa shape index (κ3) is 5.02. The van der Waals surface area contributed by atoms with Crippen LogP contribution >= 0.6 is 0 Å². The molecule has 0 aliphatic carbocycles. The Kier molecular flexibility index (Phi) is 5.42. The summed E-state index contributed by atoms with van der Waals surface area (Å²) in [7, 11) is 0. The summed E-state index contributed by atoms with van der Waals surface area (Å²) in [5.41, 5.74) is -4.38. The maximum Gasteiger partial charge on any atom is 0.416 e. The first-order chi connectivity index (χ1) is 10.5. The molecule has 0 aliphatic heterocycles. The van der Waals surface area contributed by atoms with Gasteiger partial charge in [0.2, 0.25) is 0 Å². The van der Waals surface area contributed by atoms with Crippen molar-refractivity contribution >= 4 is 12.0 Å². The van der Waals surface area contributed by atoms with E-state index < -0.39 is 40.6 Å². The van der Waals surface area contributed by atoms with Crippen molar-refractivity contribution in [3.05, 3.63) is 40.5 Å². The zero-order valence-electron chi connectivity index (χ0n) is 11.5. The van der Waals surface area contributed by atoms with Crippen molar-refractivity contribution in [3.63, 3.8) is 0 Å². The van der Waals surface area contributed by atoms with Gasteiger partial charge in [0.25, 0.3) is 0 Å². The summed E-state index contributed by atoms with van der Waals surface area (Å²) >= 11 is 0. The Morgan fingerprint density at radius 2 is 1.61 bits per heavy atom. The highest BCUT2D eigenvalue weighted by Crippen LogP contribution is 2.36. The van der Waals surface area contributed by atoms with Gasteiger partial charge in [-0.1, -0.05) is 0 Å². The second-order valence-electron chi connectivity index (χ2n) is 4.23. The van der Waals surface area contributed by atoms with Crippen molar-refractivity contribution < 1.29 is 35.9 Å². The van der Waals surface area contributed by atoms with Gasteiger partial charge in [0, 0.05) is 0 Å². The van der Waals surface area contributed by atoms with E-state index in [0.717, 1.165) is 0 Å². The molecule has 1 rings (SSSR count). The van der Waals surface area contributed by atoms with E-state index in [1.165, 1.54) is 13.0 Å². The van der Waals surface area contributed by atoms with E-state index in [-0.39, 0.29) is 12.7 Å². The van der Waals surface area contributed by atoms with E-state index in [9.17, 15) is 31.1 Å². The van der Waals surface area contributed by atoms with Gasteiger partial charge in [-0.3, -0.25) is 0 Å². The lowest BCUT2D eigenvalue weighted by molar-refractivity contribution is -0.143. The predicted molar refractivity (Wildman–Crippen MR) is 66.7 cm³/mol. The molecule has 9 heteroatoms. The highest BCUT2D eigenvalue weighted by atomic mass is 19.4. The number of ether oxygens (including phenoxy) is 1. The number of rotatable bonds is 3. The van der Waals surface area contributed by atoms with Crippen LogP contribution in [0.1, 0.15) is 23.6 Å². The van der Waals surface area contributed by atoms with Crippen molar-refractivity contribution in [3.8, 4) is 6.07 Å². The molecule has 0 atom stereocenters. The number of hydrogen-bond donors (Lipinski definition) is 0. The van der Waals surface area contributed by atoms with Crippen LogP contribution in [0.5, 0.6) is 0 Å². The number of nitrogens with zero attached hydrogens (tertiary/aromatic N) is 1. The van der Waals surface area contributed by atoms with Crippen molar-refractivity contribution in [2.75, 3.05) is 6.61 Å². The van der Waals surface area contributed by atoms with E-state index in [2.05, 4.69) is 4.74 Å². The summed E-state index contributed by atoms with van der Waals surface area (Å²) < 4.78 is 80.6. The Morgan fingerprint density at radius 1 is 1.13 bits per heavy atom. The smallest absolute Gasteiger partial charge is 0.416 e. The molecule has 0 aliphatic rings. The Morgan fingerprint density at radius 3 is 1.96 bits per heavy atom. The van der Waals surface area contributed by atoms with E-state index >= 15 is 0 Å². The second-order valence-corrected chi connectivity index (χ2v) is 4.23. The lowest BCUT2D eigenvalue weighted by atomic mass is 10.0. The fraction of sp³-hybridized carbons (Fsp3) is 0.286. The topological polar surface area (TPSA) is 50.1 Å². The van der Waals surface area contributed by atoms with Crippen LogP contribution in [0.15, 0.2) is 23.8 Å². The summed E-state index contributed by atoms with van der Waals surface area (Å²) in [6.45, 7) is 1.33. The molecule has 0 saturated heterocycles. The van der Waals surface area contributed by atoms with Crippen molar-refractivity contribution in [1.29, 1.82) is 5.26 Å². The Bertz CT molecular complexity index is 635. The maximum atomic E-state index is 12.7. The Balaban J connectivity index is 3.47. The van der Waals surface area contributed by atoms with Gasteiger partial charge in [0.1, 0.15) is 11.6 Å². The molecular formula is C14H9F6NO2. The number of carbonyl (C=O) groups excluding carboxylic acids is 1. The molecule has 0 bridgehead atoms. The minimum Gasteiger partial charge on any atom is -0.462 e. The van der Waals surface area contributed by atoms with Gasteiger partial charge < -0.3 is 4.74 Å². The molecule has 0 amide bonds. The summed E-state index contributed by atoms with van der Waals surface area (Å²) in [6.07, 6.45) is -9.41. The molecule has 3 nitrogen and oxygen atoms in total. The first-order valence-electron chi connectivity index (χ1n) is 6.07. The van der Waals surface area contributed by atoms with Gasteiger partial charge in [0.05, 0.1) is 17.7 Å². The third-order valence-electron chi connectivity index (χ3n) is 2.54. The van der Waals surface area contributed by atoms with Gasteiger partial charge in [-0.15, -0.1) is 0 Å². The largest absolute Gasteiger partial charge is 0.462 e. The molecule has 1 aromatic rings. The van der Waals surface area contributed by atoms with Crippen molar-refractivity contribution in [1.82, 2.24) is 0 Å². The molecule has 0 radical (unpaired) electrons. The number of alkyl halides is 6. The highest BCUT2D eigenvalue weighted by molar-refractivity contribution is 5.97. The number of carbonyl (C=O) groups is 1. The van der Waals surface area contributed by atoms with Gasteiger partial charge in [0.15, 0.2) is 0 Å². The SMILES string of the molecule is CCOC(=O)C(C#N)=Cc1cc(C(F)(F)F)cc(C(F)(F)F)c1. The standard InChI is InChI=1S/C14H9F6NO2/c1-2-23-12(22)9(7-21)3-8-4-10(13(15,16)17)6-11(5-8)14(18,19)20/h3-6H,2H2,1H3. The zero-order valence-corrected chi connectivity index (χ0v) is 11.5. The van der Waals surface area contributed by atoms with Gasteiger partial charge >= 0.3 is 18.3 Å². The first-order valence-corrected chi connectivity index (χ1v) is 6.07. The van der Waals surface area contributed by atoms with Crippen LogP contribution in [0, 0.1) is 11.3 Å². The summed E-state index contributed by atoms with van der Waals surface area (Å²) in [4.78, 5) is 11.4. The lowest BCUT2D eigenvalue weighted by Gasteiger charge is -2.13. The normalized spacial score (nSPS) is 12.7. The van der Waals surface area contributed by atoms with Crippen LogP contribution in [0.2, 0.25) is 0 Å². The van der Waals surface area contributed by atoms with Crippen LogP contribution in [0.3, 0.4) is 0 Å². The second kappa shape index (κ2) is 6.73. The molecule has 0 spiro atoms. The number of halogens is 6. The Labute approximate surface area is 126 Å². The van der Waals surface area contributed by atoms with Crippen LogP contribution in [-0.2, 0) is 21.9 Å². The molecular weight excluding hydrogens is 328 g/mol. The molecule has 0 saturated carbocycles. The lowest BCUT2D eigenvalue weighted by Crippen LogP contribution is -2.11. The fourth-order valence-electron chi connectivity index (χ4n) is 1.57. The molecule has 0 unspecified atom stereocenters. The molecule has 0 fully saturated rings.